The highest BCUT2D eigenvalue weighted by atomic mass is 32.2. The largest absolute Gasteiger partial charge is 0.479 e. The van der Waals surface area contributed by atoms with E-state index in [0.717, 1.165) is 10.5 Å². The number of thioether (sulfide) groups is 1. The van der Waals surface area contributed by atoms with E-state index >= 15 is 0 Å². The Morgan fingerprint density at radius 1 is 1.26 bits per heavy atom. The van der Waals surface area contributed by atoms with Crippen molar-refractivity contribution in [3.63, 3.8) is 0 Å². The van der Waals surface area contributed by atoms with Gasteiger partial charge in [0, 0.05) is 0 Å². The quantitative estimate of drug-likeness (QED) is 0.576. The van der Waals surface area contributed by atoms with Crippen LogP contribution in [0.25, 0.3) is 0 Å². The number of fused-ring (bicyclic) bond motifs is 1. The summed E-state index contributed by atoms with van der Waals surface area (Å²) in [6.07, 6.45) is 0.142. The lowest BCUT2D eigenvalue weighted by molar-refractivity contribution is -0.165. The van der Waals surface area contributed by atoms with Crippen molar-refractivity contribution in [3.05, 3.63) is 35.9 Å². The summed E-state index contributed by atoms with van der Waals surface area (Å²) >= 11 is 1.18. The number of amides is 2. The molecule has 2 heterocycles. The van der Waals surface area contributed by atoms with Crippen molar-refractivity contribution in [2.24, 2.45) is 0 Å². The highest BCUT2D eigenvalue weighted by molar-refractivity contribution is 8.00. The molecule has 2 aliphatic heterocycles. The molecule has 0 bridgehead atoms. The van der Waals surface area contributed by atoms with Gasteiger partial charge in [-0.15, -0.1) is 11.8 Å². The predicted molar refractivity (Wildman–Crippen MR) is 81.6 cm³/mol. The first-order valence-electron chi connectivity index (χ1n) is 7.01. The Labute approximate surface area is 136 Å². The number of rotatable bonds is 4. The van der Waals surface area contributed by atoms with Crippen LogP contribution in [-0.4, -0.2) is 56.8 Å². The number of carbonyl (C=O) groups excluding carboxylic acids is 3. The Hall–Kier alpha value is -2.35. The summed E-state index contributed by atoms with van der Waals surface area (Å²) in [5.74, 6) is -2.64. The molecule has 0 aromatic heterocycles. The summed E-state index contributed by atoms with van der Waals surface area (Å²) in [6.45, 7) is 0. The first-order chi connectivity index (χ1) is 11.0. The number of hydrogen-bond donors (Lipinski definition) is 2. The van der Waals surface area contributed by atoms with E-state index in [1.165, 1.54) is 11.8 Å². The van der Waals surface area contributed by atoms with Crippen molar-refractivity contribution in [1.82, 2.24) is 10.2 Å². The molecule has 0 aliphatic carbocycles. The minimum absolute atomic E-state index is 0.0243. The topological polar surface area (TPSA) is 104 Å². The molecule has 2 fully saturated rings. The van der Waals surface area contributed by atoms with E-state index in [1.54, 1.807) is 0 Å². The van der Waals surface area contributed by atoms with Crippen molar-refractivity contribution in [2.45, 2.75) is 23.9 Å². The maximum absolute atomic E-state index is 12.1. The van der Waals surface area contributed by atoms with Gasteiger partial charge in [0.2, 0.25) is 11.8 Å². The molecule has 7 nitrogen and oxygen atoms in total. The SMILES string of the molecule is O=C(Cc1ccccc1)N[C@@H]1C(=O)N2C(C(=O)O)C(=O)CS[C@@H]12. The molecule has 0 spiro atoms. The van der Waals surface area contributed by atoms with Gasteiger partial charge in [-0.05, 0) is 5.56 Å². The average Bonchev–Trinajstić information content (AvgIpc) is 2.53. The van der Waals surface area contributed by atoms with Crippen LogP contribution in [0.3, 0.4) is 0 Å². The van der Waals surface area contributed by atoms with Gasteiger partial charge < -0.3 is 15.3 Å². The van der Waals surface area contributed by atoms with Crippen LogP contribution in [0, 0.1) is 0 Å². The second kappa shape index (κ2) is 6.04. The normalized spacial score (nSPS) is 26.3. The number of carbonyl (C=O) groups is 4. The summed E-state index contributed by atoms with van der Waals surface area (Å²) in [7, 11) is 0. The minimum Gasteiger partial charge on any atom is -0.479 e. The molecule has 2 N–H and O–H groups in total. The highest BCUT2D eigenvalue weighted by Gasteiger charge is 2.57. The Kier molecular flexibility index (Phi) is 4.08. The molecule has 2 amide bonds. The molecular weight excluding hydrogens is 320 g/mol. The van der Waals surface area contributed by atoms with E-state index in [-0.39, 0.29) is 18.1 Å². The summed E-state index contributed by atoms with van der Waals surface area (Å²) in [5, 5.41) is 11.2. The molecule has 8 heteroatoms. The van der Waals surface area contributed by atoms with Crippen LogP contribution in [0.15, 0.2) is 30.3 Å². The number of carboxylic acid groups (broad SMARTS) is 1. The second-order valence-electron chi connectivity index (χ2n) is 5.36. The number of nitrogens with zero attached hydrogens (tertiary/aromatic N) is 1. The number of ketones is 1. The molecule has 0 saturated carbocycles. The van der Waals surface area contributed by atoms with Gasteiger partial charge in [0.05, 0.1) is 12.2 Å². The predicted octanol–water partition coefficient (Wildman–Crippen LogP) is -0.349. The third kappa shape index (κ3) is 2.81. The third-order valence-electron chi connectivity index (χ3n) is 3.82. The fourth-order valence-electron chi connectivity index (χ4n) is 2.73. The van der Waals surface area contributed by atoms with E-state index in [1.807, 2.05) is 30.3 Å². The van der Waals surface area contributed by atoms with Gasteiger partial charge >= 0.3 is 5.97 Å². The van der Waals surface area contributed by atoms with Gasteiger partial charge in [-0.1, -0.05) is 30.3 Å². The average molecular weight is 334 g/mol. The Morgan fingerprint density at radius 3 is 2.61 bits per heavy atom. The molecule has 1 unspecified atom stereocenters. The Bertz CT molecular complexity index is 678. The number of benzene rings is 1. The zero-order valence-corrected chi connectivity index (χ0v) is 12.8. The van der Waals surface area contributed by atoms with Gasteiger partial charge in [-0.25, -0.2) is 4.79 Å². The van der Waals surface area contributed by atoms with E-state index in [9.17, 15) is 19.2 Å². The monoisotopic (exact) mass is 334 g/mol. The second-order valence-corrected chi connectivity index (χ2v) is 6.47. The first-order valence-corrected chi connectivity index (χ1v) is 8.06. The van der Waals surface area contributed by atoms with Gasteiger partial charge in [0.25, 0.3) is 0 Å². The van der Waals surface area contributed by atoms with Crippen molar-refractivity contribution < 1.29 is 24.3 Å². The molecule has 2 saturated heterocycles. The number of Topliss-reactive ketones (excluding diaryl/α,β-unsaturated/α-hetero) is 1. The van der Waals surface area contributed by atoms with Crippen LogP contribution in [0.5, 0.6) is 0 Å². The smallest absolute Gasteiger partial charge is 0.334 e. The Balaban J connectivity index is 1.65. The van der Waals surface area contributed by atoms with Crippen LogP contribution < -0.4 is 5.32 Å². The first kappa shape index (κ1) is 15.5. The molecule has 1 aromatic carbocycles. The summed E-state index contributed by atoms with van der Waals surface area (Å²) in [4.78, 5) is 48.0. The van der Waals surface area contributed by atoms with Crippen molar-refractivity contribution in [2.75, 3.05) is 5.75 Å². The summed E-state index contributed by atoms with van der Waals surface area (Å²) < 4.78 is 0. The van der Waals surface area contributed by atoms with Crippen LogP contribution in [0.2, 0.25) is 0 Å². The van der Waals surface area contributed by atoms with Crippen LogP contribution in [-0.2, 0) is 25.6 Å². The summed E-state index contributed by atoms with van der Waals surface area (Å²) in [6, 6.07) is 6.89. The zero-order valence-electron chi connectivity index (χ0n) is 12.0. The van der Waals surface area contributed by atoms with Gasteiger partial charge in [0.15, 0.2) is 11.8 Å². The lowest BCUT2D eigenvalue weighted by atomic mass is 10.00. The summed E-state index contributed by atoms with van der Waals surface area (Å²) in [5.41, 5.74) is 0.823. The standard InChI is InChI=1S/C15H14N2O5S/c18-9-7-23-14-11(13(20)17(14)12(9)15(21)22)16-10(19)6-8-4-2-1-3-5-8/h1-5,11-12,14H,6-7H2,(H,16,19)(H,21,22)/t11-,12?,14+/m1/s1. The number of carboxylic acids is 1. The van der Waals surface area contributed by atoms with E-state index in [4.69, 9.17) is 5.11 Å². The highest BCUT2D eigenvalue weighted by Crippen LogP contribution is 2.36. The lowest BCUT2D eigenvalue weighted by Crippen LogP contribution is -2.76. The fourth-order valence-corrected chi connectivity index (χ4v) is 3.99. The van der Waals surface area contributed by atoms with Crippen molar-refractivity contribution >= 4 is 35.3 Å². The molecule has 1 aromatic rings. The van der Waals surface area contributed by atoms with Gasteiger partial charge in [0.1, 0.15) is 11.4 Å². The molecule has 0 radical (unpaired) electrons. The number of aliphatic carboxylic acids is 1. The van der Waals surface area contributed by atoms with E-state index in [0.29, 0.717) is 0 Å². The number of β-lactam (4-membered cyclic amide) rings is 1. The maximum atomic E-state index is 12.1. The molecule has 2 aliphatic rings. The van der Waals surface area contributed by atoms with Crippen LogP contribution in [0.1, 0.15) is 5.56 Å². The van der Waals surface area contributed by atoms with Gasteiger partial charge in [-0.2, -0.15) is 0 Å². The lowest BCUT2D eigenvalue weighted by Gasteiger charge is -2.51. The van der Waals surface area contributed by atoms with Crippen molar-refractivity contribution in [1.29, 1.82) is 0 Å². The van der Waals surface area contributed by atoms with E-state index in [2.05, 4.69) is 5.32 Å². The third-order valence-corrected chi connectivity index (χ3v) is 5.11. The van der Waals surface area contributed by atoms with Crippen LogP contribution in [0.4, 0.5) is 0 Å². The minimum atomic E-state index is -1.43. The molecule has 23 heavy (non-hydrogen) atoms. The number of nitrogens with one attached hydrogen (secondary N) is 1. The fraction of sp³-hybridized carbons (Fsp3) is 0.333. The maximum Gasteiger partial charge on any atom is 0.334 e. The molecule has 120 valence electrons. The van der Waals surface area contributed by atoms with Crippen molar-refractivity contribution in [3.8, 4) is 0 Å². The van der Waals surface area contributed by atoms with E-state index < -0.39 is 35.1 Å². The Morgan fingerprint density at radius 2 is 1.96 bits per heavy atom. The number of hydrogen-bond acceptors (Lipinski definition) is 5. The van der Waals surface area contributed by atoms with Gasteiger partial charge in [-0.3, -0.25) is 14.4 Å². The molecule has 3 rings (SSSR count). The molecule has 3 atom stereocenters. The van der Waals surface area contributed by atoms with Crippen LogP contribution >= 0.6 is 11.8 Å². The molecular formula is C15H14N2O5S. The zero-order chi connectivity index (χ0) is 16.6.